The van der Waals surface area contributed by atoms with Crippen LogP contribution in [0.2, 0.25) is 18.1 Å². The minimum atomic E-state index is -1.78. The summed E-state index contributed by atoms with van der Waals surface area (Å²) in [7, 11) is -1.78. The SMILES string of the molecule is C=C(C)C(CCC(C)=CCCC(C)=CCOC1CCCCO1)O[Si](C)(C)C(C)(C)C. The van der Waals surface area contributed by atoms with Crippen LogP contribution in [0.4, 0.5) is 0 Å². The van der Waals surface area contributed by atoms with E-state index in [1.807, 2.05) is 0 Å². The highest BCUT2D eigenvalue weighted by Gasteiger charge is 2.39. The summed E-state index contributed by atoms with van der Waals surface area (Å²) in [6, 6.07) is 0. The Balaban J connectivity index is 2.38. The minimum absolute atomic E-state index is 0.000237. The molecule has 0 radical (unpaired) electrons. The van der Waals surface area contributed by atoms with Gasteiger partial charge in [-0.05, 0) is 83.8 Å². The van der Waals surface area contributed by atoms with Crippen molar-refractivity contribution in [1.29, 1.82) is 0 Å². The van der Waals surface area contributed by atoms with Crippen molar-refractivity contribution < 1.29 is 13.9 Å². The zero-order chi connectivity index (χ0) is 22.8. The van der Waals surface area contributed by atoms with Crippen LogP contribution in [-0.4, -0.2) is 33.9 Å². The minimum Gasteiger partial charge on any atom is -0.410 e. The predicted octanol–water partition coefficient (Wildman–Crippen LogP) is 7.95. The van der Waals surface area contributed by atoms with Gasteiger partial charge in [0.15, 0.2) is 14.6 Å². The lowest BCUT2D eigenvalue weighted by Gasteiger charge is -2.39. The highest BCUT2D eigenvalue weighted by molar-refractivity contribution is 6.74. The number of hydrogen-bond acceptors (Lipinski definition) is 3. The van der Waals surface area contributed by atoms with E-state index in [2.05, 4.69) is 73.4 Å². The molecule has 1 fully saturated rings. The molecule has 0 N–H and O–H groups in total. The molecule has 0 spiro atoms. The monoisotopic (exact) mass is 436 g/mol. The van der Waals surface area contributed by atoms with Crippen molar-refractivity contribution in [2.45, 2.75) is 117 Å². The van der Waals surface area contributed by atoms with Gasteiger partial charge in [0.1, 0.15) is 0 Å². The Hall–Kier alpha value is -0.683. The van der Waals surface area contributed by atoms with Gasteiger partial charge >= 0.3 is 0 Å². The molecule has 0 aromatic heterocycles. The van der Waals surface area contributed by atoms with E-state index in [4.69, 9.17) is 13.9 Å². The Kier molecular flexibility index (Phi) is 11.9. The summed E-state index contributed by atoms with van der Waals surface area (Å²) in [6.45, 7) is 23.8. The third kappa shape index (κ3) is 10.6. The molecule has 1 saturated heterocycles. The first kappa shape index (κ1) is 27.4. The maximum absolute atomic E-state index is 6.63. The van der Waals surface area contributed by atoms with E-state index >= 15 is 0 Å². The molecule has 1 heterocycles. The number of ether oxygens (including phenoxy) is 2. The first-order valence-corrected chi connectivity index (χ1v) is 14.7. The van der Waals surface area contributed by atoms with E-state index < -0.39 is 8.32 Å². The molecule has 30 heavy (non-hydrogen) atoms. The average Bonchev–Trinajstić information content (AvgIpc) is 2.64. The van der Waals surface area contributed by atoms with Gasteiger partial charge in [0.2, 0.25) is 0 Å². The maximum atomic E-state index is 6.63. The standard InChI is InChI=1S/C26H48O3Si/c1-21(2)24(29-30(8,9)26(5,6)7)17-16-22(3)13-12-14-23(4)18-20-28-25-15-10-11-19-27-25/h13,18,24-25H,1,10-12,14-17,19-20H2,2-9H3. The van der Waals surface area contributed by atoms with E-state index in [9.17, 15) is 0 Å². The van der Waals surface area contributed by atoms with Crippen LogP contribution in [0.5, 0.6) is 0 Å². The molecule has 0 aromatic rings. The maximum Gasteiger partial charge on any atom is 0.192 e. The summed E-state index contributed by atoms with van der Waals surface area (Å²) in [5.74, 6) is 0. The molecule has 3 nitrogen and oxygen atoms in total. The van der Waals surface area contributed by atoms with Crippen molar-refractivity contribution in [1.82, 2.24) is 0 Å². The molecule has 4 heteroatoms. The van der Waals surface area contributed by atoms with Crippen LogP contribution in [-0.2, 0) is 13.9 Å². The van der Waals surface area contributed by atoms with E-state index in [0.717, 1.165) is 50.7 Å². The summed E-state index contributed by atoms with van der Waals surface area (Å²) in [5.41, 5.74) is 3.98. The second-order valence-electron chi connectivity index (χ2n) is 10.5. The van der Waals surface area contributed by atoms with Crippen molar-refractivity contribution in [2.75, 3.05) is 13.2 Å². The van der Waals surface area contributed by atoms with Crippen LogP contribution < -0.4 is 0 Å². The summed E-state index contributed by atoms with van der Waals surface area (Å²) in [6.07, 6.45) is 12.4. The van der Waals surface area contributed by atoms with Gasteiger partial charge in [-0.25, -0.2) is 0 Å². The largest absolute Gasteiger partial charge is 0.410 e. The third-order valence-corrected chi connectivity index (χ3v) is 11.0. The summed E-state index contributed by atoms with van der Waals surface area (Å²) >= 11 is 0. The second-order valence-corrected chi connectivity index (χ2v) is 15.3. The quantitative estimate of drug-likeness (QED) is 0.229. The van der Waals surface area contributed by atoms with Gasteiger partial charge in [-0.3, -0.25) is 0 Å². The fourth-order valence-corrected chi connectivity index (χ4v) is 4.57. The zero-order valence-corrected chi connectivity index (χ0v) is 22.1. The lowest BCUT2D eigenvalue weighted by Crippen LogP contribution is -2.44. The molecular weight excluding hydrogens is 388 g/mol. The second kappa shape index (κ2) is 13.0. The van der Waals surface area contributed by atoms with Gasteiger partial charge in [-0.2, -0.15) is 0 Å². The van der Waals surface area contributed by atoms with Crippen LogP contribution >= 0.6 is 0 Å². The molecule has 2 unspecified atom stereocenters. The van der Waals surface area contributed by atoms with Gasteiger partial charge in [0.25, 0.3) is 0 Å². The van der Waals surface area contributed by atoms with Crippen LogP contribution in [0.25, 0.3) is 0 Å². The van der Waals surface area contributed by atoms with Gasteiger partial charge in [-0.15, -0.1) is 0 Å². The normalized spacial score (nSPS) is 20.3. The Morgan fingerprint density at radius 2 is 1.77 bits per heavy atom. The summed E-state index contributed by atoms with van der Waals surface area (Å²) < 4.78 is 18.0. The topological polar surface area (TPSA) is 27.7 Å². The zero-order valence-electron chi connectivity index (χ0n) is 21.1. The van der Waals surface area contributed by atoms with E-state index in [-0.39, 0.29) is 17.4 Å². The number of rotatable bonds is 12. The summed E-state index contributed by atoms with van der Waals surface area (Å²) in [4.78, 5) is 0. The van der Waals surface area contributed by atoms with Crippen molar-refractivity contribution >= 4 is 8.32 Å². The Bertz CT molecular complexity index is 578. The fraction of sp³-hybridized carbons (Fsp3) is 0.769. The molecule has 0 bridgehead atoms. The van der Waals surface area contributed by atoms with Crippen molar-refractivity contribution in [3.05, 3.63) is 35.5 Å². The van der Waals surface area contributed by atoms with Crippen molar-refractivity contribution in [3.8, 4) is 0 Å². The molecule has 0 saturated carbocycles. The first-order valence-electron chi connectivity index (χ1n) is 11.8. The Labute approximate surface area is 188 Å². The molecule has 1 aliphatic rings. The first-order chi connectivity index (χ1) is 13.9. The Morgan fingerprint density at radius 3 is 2.33 bits per heavy atom. The van der Waals surface area contributed by atoms with Crippen LogP contribution in [0.3, 0.4) is 0 Å². The van der Waals surface area contributed by atoms with Crippen molar-refractivity contribution in [2.24, 2.45) is 0 Å². The van der Waals surface area contributed by atoms with Gasteiger partial charge in [0, 0.05) is 6.61 Å². The smallest absolute Gasteiger partial charge is 0.192 e. The molecule has 0 amide bonds. The fourth-order valence-electron chi connectivity index (χ4n) is 3.19. The van der Waals surface area contributed by atoms with Gasteiger partial charge in [0.05, 0.1) is 12.7 Å². The molecule has 2 atom stereocenters. The third-order valence-electron chi connectivity index (χ3n) is 6.48. The summed E-state index contributed by atoms with van der Waals surface area (Å²) in [5, 5.41) is 0.224. The Morgan fingerprint density at radius 1 is 1.10 bits per heavy atom. The lowest BCUT2D eigenvalue weighted by molar-refractivity contribution is -0.155. The van der Waals surface area contributed by atoms with Crippen LogP contribution in [0, 0.1) is 0 Å². The molecule has 1 aliphatic heterocycles. The highest BCUT2D eigenvalue weighted by atomic mass is 28.4. The highest BCUT2D eigenvalue weighted by Crippen LogP contribution is 2.38. The number of allylic oxidation sites excluding steroid dienone is 3. The molecular formula is C26H48O3Si. The lowest BCUT2D eigenvalue weighted by atomic mass is 10.0. The molecule has 0 aromatic carbocycles. The van der Waals surface area contributed by atoms with E-state index in [1.165, 1.54) is 17.6 Å². The van der Waals surface area contributed by atoms with Crippen LogP contribution in [0.15, 0.2) is 35.5 Å². The van der Waals surface area contributed by atoms with Crippen LogP contribution in [0.1, 0.15) is 86.5 Å². The van der Waals surface area contributed by atoms with Gasteiger partial charge in [-0.1, -0.05) is 56.2 Å². The predicted molar refractivity (Wildman–Crippen MR) is 132 cm³/mol. The molecule has 0 aliphatic carbocycles. The molecule has 1 rings (SSSR count). The van der Waals surface area contributed by atoms with Crippen molar-refractivity contribution in [3.63, 3.8) is 0 Å². The number of hydrogen-bond donors (Lipinski definition) is 0. The average molecular weight is 437 g/mol. The van der Waals surface area contributed by atoms with E-state index in [0.29, 0.717) is 6.61 Å². The van der Waals surface area contributed by atoms with Gasteiger partial charge < -0.3 is 13.9 Å². The molecule has 174 valence electrons. The van der Waals surface area contributed by atoms with E-state index in [1.54, 1.807) is 0 Å².